The number of hydrogen-bond acceptors (Lipinski definition) is 3. The molecular formula is C6H3F6N3O2. The van der Waals surface area contributed by atoms with E-state index in [0.717, 1.165) is 0 Å². The molecule has 0 saturated carbocycles. The van der Waals surface area contributed by atoms with Gasteiger partial charge in [-0.2, -0.15) is 23.0 Å². The topological polar surface area (TPSA) is 81.1 Å². The molecule has 0 aliphatic carbocycles. The molecule has 0 unspecified atom stereocenters. The molecule has 0 radical (unpaired) electrons. The van der Waals surface area contributed by atoms with E-state index in [0.29, 0.717) is 0 Å². The molecule has 0 aliphatic heterocycles. The van der Waals surface area contributed by atoms with Gasteiger partial charge in [0.2, 0.25) is 0 Å². The summed E-state index contributed by atoms with van der Waals surface area (Å²) in [5.41, 5.74) is 0.690. The first-order valence-electron chi connectivity index (χ1n) is 3.72. The molecule has 1 aromatic rings. The summed E-state index contributed by atoms with van der Waals surface area (Å²) in [6.45, 7) is 0. The van der Waals surface area contributed by atoms with Gasteiger partial charge in [-0.25, -0.2) is 4.79 Å². The average molecular weight is 263 g/mol. The van der Waals surface area contributed by atoms with Crippen LogP contribution < -0.4 is 5.73 Å². The Morgan fingerprint density at radius 2 is 1.71 bits per heavy atom. The largest absolute Gasteiger partial charge is 0.506 e. The van der Waals surface area contributed by atoms with Gasteiger partial charge < -0.3 is 10.8 Å². The summed E-state index contributed by atoms with van der Waals surface area (Å²) in [5, 5.41) is 10.6. The maximum Gasteiger partial charge on any atom is 0.506 e. The fourth-order valence-corrected chi connectivity index (χ4v) is 1.05. The Kier molecular flexibility index (Phi) is 2.73. The summed E-state index contributed by atoms with van der Waals surface area (Å²) in [6.07, 6.45) is -10.7. The zero-order valence-electron chi connectivity index (χ0n) is 7.60. The number of halogens is 6. The smallest absolute Gasteiger partial charge is 0.476 e. The number of carboxylic acid groups (broad SMARTS) is 1. The monoisotopic (exact) mass is 263 g/mol. The van der Waals surface area contributed by atoms with Crippen molar-refractivity contribution in [2.75, 3.05) is 5.73 Å². The lowest BCUT2D eigenvalue weighted by atomic mass is 10.2. The molecule has 0 saturated heterocycles. The summed E-state index contributed by atoms with van der Waals surface area (Å²) >= 11 is 0. The molecule has 5 nitrogen and oxygen atoms in total. The van der Waals surface area contributed by atoms with Gasteiger partial charge in [0.25, 0.3) is 0 Å². The molecule has 0 amide bonds. The lowest BCUT2D eigenvalue weighted by Crippen LogP contribution is -2.21. The highest BCUT2D eigenvalue weighted by atomic mass is 19.4. The summed E-state index contributed by atoms with van der Waals surface area (Å²) in [4.78, 5) is 10.4. The van der Waals surface area contributed by atoms with E-state index < -0.39 is 40.2 Å². The predicted octanol–water partition coefficient (Wildman–Crippen LogP) is 1.66. The van der Waals surface area contributed by atoms with Crippen molar-refractivity contribution < 1.29 is 36.2 Å². The molecule has 96 valence electrons. The van der Waals surface area contributed by atoms with Gasteiger partial charge in [-0.1, -0.05) is 0 Å². The summed E-state index contributed by atoms with van der Waals surface area (Å²) in [7, 11) is 0. The fraction of sp³-hybridized carbons (Fsp3) is 0.333. The first-order valence-corrected chi connectivity index (χ1v) is 3.72. The third-order valence-corrected chi connectivity index (χ3v) is 1.65. The zero-order chi connectivity index (χ0) is 13.6. The maximum absolute atomic E-state index is 12.3. The number of nitrogens with two attached hydrogens (primary N) is 1. The second-order valence-electron chi connectivity index (χ2n) is 2.79. The number of nitrogen functional groups attached to an aromatic ring is 1. The quantitative estimate of drug-likeness (QED) is 0.755. The minimum atomic E-state index is -5.35. The number of nitrogens with zero attached hydrogens (tertiary/aromatic N) is 2. The van der Waals surface area contributed by atoms with Crippen molar-refractivity contribution in [1.82, 2.24) is 9.78 Å². The minimum absolute atomic E-state index is 1.14. The van der Waals surface area contributed by atoms with Crippen LogP contribution in [0.15, 0.2) is 0 Å². The van der Waals surface area contributed by atoms with Crippen LogP contribution in [0.1, 0.15) is 16.1 Å². The van der Waals surface area contributed by atoms with E-state index in [1.165, 1.54) is 0 Å². The molecule has 1 aromatic heterocycles. The summed E-state index contributed by atoms with van der Waals surface area (Å²) in [6, 6.07) is 0. The van der Waals surface area contributed by atoms with Crippen molar-refractivity contribution in [3.05, 3.63) is 11.3 Å². The lowest BCUT2D eigenvalue weighted by molar-refractivity contribution is -0.210. The summed E-state index contributed by atoms with van der Waals surface area (Å²) < 4.78 is 72.2. The summed E-state index contributed by atoms with van der Waals surface area (Å²) in [5.74, 6) is -4.07. The third kappa shape index (κ3) is 2.26. The van der Waals surface area contributed by atoms with E-state index in [1.54, 1.807) is 0 Å². The highest BCUT2D eigenvalue weighted by Crippen LogP contribution is 2.39. The van der Waals surface area contributed by atoms with Gasteiger partial charge in [0.1, 0.15) is 11.4 Å². The van der Waals surface area contributed by atoms with Crippen molar-refractivity contribution in [2.24, 2.45) is 0 Å². The molecule has 0 aliphatic rings. The van der Waals surface area contributed by atoms with Crippen molar-refractivity contribution in [3.63, 3.8) is 0 Å². The first kappa shape index (κ1) is 13.1. The Bertz CT molecular complexity index is 460. The Balaban J connectivity index is 3.59. The molecule has 0 bridgehead atoms. The number of aromatic carboxylic acids is 1. The molecule has 0 atom stereocenters. The van der Waals surface area contributed by atoms with E-state index in [9.17, 15) is 31.1 Å². The number of rotatable bonds is 1. The van der Waals surface area contributed by atoms with Crippen molar-refractivity contribution in [1.29, 1.82) is 0 Å². The maximum atomic E-state index is 12.3. The van der Waals surface area contributed by atoms with Gasteiger partial charge in [0, 0.05) is 0 Å². The van der Waals surface area contributed by atoms with Crippen LogP contribution in [-0.2, 0) is 12.5 Å². The molecule has 3 N–H and O–H groups in total. The van der Waals surface area contributed by atoms with E-state index in [4.69, 9.17) is 5.11 Å². The van der Waals surface area contributed by atoms with E-state index in [-0.39, 0.29) is 0 Å². The van der Waals surface area contributed by atoms with Crippen LogP contribution in [0.25, 0.3) is 0 Å². The molecular weight excluding hydrogens is 260 g/mol. The lowest BCUT2D eigenvalue weighted by Gasteiger charge is -2.09. The number of carboxylic acids is 1. The Labute approximate surface area is 88.4 Å². The molecule has 1 heterocycles. The predicted molar refractivity (Wildman–Crippen MR) is 39.9 cm³/mol. The zero-order valence-corrected chi connectivity index (χ0v) is 7.60. The Morgan fingerprint density at radius 3 is 1.94 bits per heavy atom. The number of aromatic nitrogens is 2. The molecule has 11 heteroatoms. The highest BCUT2D eigenvalue weighted by molar-refractivity contribution is 5.89. The van der Waals surface area contributed by atoms with Gasteiger partial charge in [0.05, 0.1) is 0 Å². The second-order valence-corrected chi connectivity index (χ2v) is 2.79. The molecule has 0 spiro atoms. The molecule has 1 rings (SSSR count). The van der Waals surface area contributed by atoms with E-state index >= 15 is 0 Å². The molecule has 0 fully saturated rings. The number of alkyl halides is 6. The van der Waals surface area contributed by atoms with Crippen LogP contribution in [0.3, 0.4) is 0 Å². The van der Waals surface area contributed by atoms with Crippen LogP contribution >= 0.6 is 0 Å². The van der Waals surface area contributed by atoms with Crippen LogP contribution in [0.2, 0.25) is 0 Å². The van der Waals surface area contributed by atoms with Crippen molar-refractivity contribution in [3.8, 4) is 0 Å². The van der Waals surface area contributed by atoms with Gasteiger partial charge in [-0.15, -0.1) is 13.2 Å². The van der Waals surface area contributed by atoms with Gasteiger partial charge in [0.15, 0.2) is 5.69 Å². The number of hydrogen-bond donors (Lipinski definition) is 2. The van der Waals surface area contributed by atoms with Gasteiger partial charge in [-0.05, 0) is 0 Å². The van der Waals surface area contributed by atoms with E-state index in [1.807, 2.05) is 0 Å². The average Bonchev–Trinajstić information content (AvgIpc) is 2.40. The van der Waals surface area contributed by atoms with Crippen molar-refractivity contribution >= 4 is 11.8 Å². The number of anilines is 1. The highest BCUT2D eigenvalue weighted by Gasteiger charge is 2.46. The van der Waals surface area contributed by atoms with Crippen LogP contribution in [0.5, 0.6) is 0 Å². The second kappa shape index (κ2) is 3.53. The first-order chi connectivity index (χ1) is 7.46. The molecule has 0 aromatic carbocycles. The fourth-order valence-electron chi connectivity index (χ4n) is 1.05. The standard InChI is InChI=1S/C6H3F6N3O2/c7-5(8,9)1-2(4(16)17)14-15(3(1)13)6(10,11)12/h13H2,(H,16,17). The van der Waals surface area contributed by atoms with Gasteiger partial charge >= 0.3 is 18.4 Å². The van der Waals surface area contributed by atoms with Crippen LogP contribution in [0.4, 0.5) is 32.2 Å². The normalized spacial score (nSPS) is 12.8. The molecule has 17 heavy (non-hydrogen) atoms. The van der Waals surface area contributed by atoms with E-state index in [2.05, 4.69) is 10.8 Å². The van der Waals surface area contributed by atoms with Gasteiger partial charge in [-0.3, -0.25) is 0 Å². The van der Waals surface area contributed by atoms with Crippen LogP contribution in [-0.4, -0.2) is 20.9 Å². The number of carbonyl (C=O) groups is 1. The van der Waals surface area contributed by atoms with Crippen molar-refractivity contribution in [2.45, 2.75) is 12.5 Å². The Morgan fingerprint density at radius 1 is 1.24 bits per heavy atom. The SMILES string of the molecule is Nc1c(C(F)(F)F)c(C(=O)O)nn1C(F)(F)F. The minimum Gasteiger partial charge on any atom is -0.476 e. The third-order valence-electron chi connectivity index (χ3n) is 1.65. The Hall–Kier alpha value is -1.94. The van der Waals surface area contributed by atoms with Crippen LogP contribution in [0, 0.1) is 0 Å².